The van der Waals surface area contributed by atoms with Crippen LogP contribution in [0.1, 0.15) is 49.7 Å². The monoisotopic (exact) mass is 292 g/mol. The van der Waals surface area contributed by atoms with Crippen LogP contribution in [0.3, 0.4) is 0 Å². The van der Waals surface area contributed by atoms with E-state index in [0.717, 1.165) is 12.3 Å². The SMILES string of the molecule is Cc1cscc1CNC(=O)C1CCC2CCCCC2N1. The van der Waals surface area contributed by atoms with Crippen LogP contribution in [0.5, 0.6) is 0 Å². The molecule has 3 atom stereocenters. The van der Waals surface area contributed by atoms with Gasteiger partial charge in [-0.15, -0.1) is 0 Å². The Bertz CT molecular complexity index is 471. The van der Waals surface area contributed by atoms with Gasteiger partial charge >= 0.3 is 0 Å². The Kier molecular flexibility index (Phi) is 4.41. The van der Waals surface area contributed by atoms with Gasteiger partial charge in [0.2, 0.25) is 5.91 Å². The second-order valence-corrected chi connectivity index (χ2v) is 6.99. The molecule has 1 amide bonds. The van der Waals surface area contributed by atoms with Gasteiger partial charge in [0.15, 0.2) is 0 Å². The van der Waals surface area contributed by atoms with Crippen LogP contribution in [0.2, 0.25) is 0 Å². The molecule has 1 aromatic rings. The molecule has 0 bridgehead atoms. The number of fused-ring (bicyclic) bond motifs is 1. The highest BCUT2D eigenvalue weighted by Crippen LogP contribution is 2.32. The van der Waals surface area contributed by atoms with Gasteiger partial charge in [0, 0.05) is 12.6 Å². The van der Waals surface area contributed by atoms with Crippen molar-refractivity contribution in [3.05, 3.63) is 21.9 Å². The minimum absolute atomic E-state index is 0.0216. The van der Waals surface area contributed by atoms with E-state index in [-0.39, 0.29) is 11.9 Å². The lowest BCUT2D eigenvalue weighted by molar-refractivity contribution is -0.124. The molecule has 2 heterocycles. The Morgan fingerprint density at radius 1 is 1.30 bits per heavy atom. The molecule has 1 saturated heterocycles. The molecule has 2 aliphatic rings. The summed E-state index contributed by atoms with van der Waals surface area (Å²) < 4.78 is 0. The molecule has 1 saturated carbocycles. The van der Waals surface area contributed by atoms with Gasteiger partial charge in [-0.1, -0.05) is 12.8 Å². The van der Waals surface area contributed by atoms with E-state index in [0.29, 0.717) is 12.6 Å². The van der Waals surface area contributed by atoms with E-state index in [2.05, 4.69) is 28.3 Å². The number of hydrogen-bond donors (Lipinski definition) is 2. The predicted octanol–water partition coefficient (Wildman–Crippen LogP) is 2.98. The third-order valence-electron chi connectivity index (χ3n) is 4.88. The normalized spacial score (nSPS) is 29.8. The molecule has 20 heavy (non-hydrogen) atoms. The number of nitrogens with one attached hydrogen (secondary N) is 2. The molecule has 2 fully saturated rings. The van der Waals surface area contributed by atoms with Crippen LogP contribution in [0.4, 0.5) is 0 Å². The van der Waals surface area contributed by atoms with Crippen molar-refractivity contribution in [2.24, 2.45) is 5.92 Å². The fourth-order valence-corrected chi connectivity index (χ4v) is 4.43. The average Bonchev–Trinajstić information content (AvgIpc) is 2.89. The van der Waals surface area contributed by atoms with Gasteiger partial charge in [-0.05, 0) is 60.4 Å². The molecular weight excluding hydrogens is 268 g/mol. The van der Waals surface area contributed by atoms with Crippen LogP contribution >= 0.6 is 11.3 Å². The Morgan fingerprint density at radius 3 is 2.95 bits per heavy atom. The number of amides is 1. The molecule has 0 radical (unpaired) electrons. The minimum Gasteiger partial charge on any atom is -0.351 e. The average molecular weight is 292 g/mol. The zero-order valence-corrected chi connectivity index (χ0v) is 13.0. The number of thiophene rings is 1. The van der Waals surface area contributed by atoms with Crippen LogP contribution in [0.15, 0.2) is 10.8 Å². The third-order valence-corrected chi connectivity index (χ3v) is 5.79. The first-order valence-corrected chi connectivity index (χ1v) is 8.74. The summed E-state index contributed by atoms with van der Waals surface area (Å²) in [5, 5.41) is 10.9. The molecule has 3 unspecified atom stereocenters. The maximum atomic E-state index is 12.3. The van der Waals surface area contributed by atoms with Crippen molar-refractivity contribution in [1.29, 1.82) is 0 Å². The Hall–Kier alpha value is -0.870. The van der Waals surface area contributed by atoms with Gasteiger partial charge in [0.25, 0.3) is 0 Å². The van der Waals surface area contributed by atoms with Gasteiger partial charge in [0.1, 0.15) is 0 Å². The summed E-state index contributed by atoms with van der Waals surface area (Å²) in [5.41, 5.74) is 2.52. The fourth-order valence-electron chi connectivity index (χ4n) is 3.58. The lowest BCUT2D eigenvalue weighted by Gasteiger charge is -2.39. The zero-order chi connectivity index (χ0) is 13.9. The molecule has 3 rings (SSSR count). The lowest BCUT2D eigenvalue weighted by Crippen LogP contribution is -2.54. The first-order chi connectivity index (χ1) is 9.74. The Labute approximate surface area is 125 Å². The van der Waals surface area contributed by atoms with E-state index in [1.54, 1.807) is 11.3 Å². The predicted molar refractivity (Wildman–Crippen MR) is 82.8 cm³/mol. The summed E-state index contributed by atoms with van der Waals surface area (Å²) >= 11 is 1.70. The molecule has 3 nitrogen and oxygen atoms in total. The minimum atomic E-state index is 0.0216. The number of hydrogen-bond acceptors (Lipinski definition) is 3. The maximum Gasteiger partial charge on any atom is 0.237 e. The molecule has 4 heteroatoms. The van der Waals surface area contributed by atoms with E-state index < -0.39 is 0 Å². The van der Waals surface area contributed by atoms with E-state index in [1.165, 1.54) is 43.2 Å². The van der Waals surface area contributed by atoms with Crippen LogP contribution in [0.25, 0.3) is 0 Å². The first-order valence-electron chi connectivity index (χ1n) is 7.79. The molecule has 0 aromatic carbocycles. The van der Waals surface area contributed by atoms with Crippen LogP contribution in [0, 0.1) is 12.8 Å². The topological polar surface area (TPSA) is 41.1 Å². The van der Waals surface area contributed by atoms with E-state index in [9.17, 15) is 4.79 Å². The number of carbonyl (C=O) groups is 1. The van der Waals surface area contributed by atoms with Crippen LogP contribution in [-0.4, -0.2) is 18.0 Å². The van der Waals surface area contributed by atoms with E-state index >= 15 is 0 Å². The van der Waals surface area contributed by atoms with E-state index in [4.69, 9.17) is 0 Å². The third kappa shape index (κ3) is 3.07. The number of rotatable bonds is 3. The quantitative estimate of drug-likeness (QED) is 0.899. The maximum absolute atomic E-state index is 12.3. The first kappa shape index (κ1) is 14.1. The summed E-state index contributed by atoms with van der Waals surface area (Å²) in [6.07, 6.45) is 7.49. The molecule has 2 N–H and O–H groups in total. The van der Waals surface area contributed by atoms with Crippen molar-refractivity contribution in [2.45, 2.75) is 64.1 Å². The van der Waals surface area contributed by atoms with Crippen molar-refractivity contribution >= 4 is 17.2 Å². The smallest absolute Gasteiger partial charge is 0.237 e. The van der Waals surface area contributed by atoms with Gasteiger partial charge in [0.05, 0.1) is 6.04 Å². The van der Waals surface area contributed by atoms with Crippen molar-refractivity contribution < 1.29 is 4.79 Å². The summed E-state index contributed by atoms with van der Waals surface area (Å²) in [6, 6.07) is 0.601. The number of aryl methyl sites for hydroxylation is 1. The van der Waals surface area contributed by atoms with Gasteiger partial charge < -0.3 is 10.6 Å². The molecule has 0 spiro atoms. The Morgan fingerprint density at radius 2 is 2.15 bits per heavy atom. The highest BCUT2D eigenvalue weighted by molar-refractivity contribution is 7.08. The van der Waals surface area contributed by atoms with Crippen molar-refractivity contribution in [3.8, 4) is 0 Å². The summed E-state index contributed by atoms with van der Waals surface area (Å²) in [7, 11) is 0. The van der Waals surface area contributed by atoms with E-state index in [1.807, 2.05) is 0 Å². The second kappa shape index (κ2) is 6.27. The molecule has 1 aliphatic heterocycles. The van der Waals surface area contributed by atoms with Crippen molar-refractivity contribution in [2.75, 3.05) is 0 Å². The van der Waals surface area contributed by atoms with Gasteiger partial charge in [-0.2, -0.15) is 11.3 Å². The van der Waals surface area contributed by atoms with Crippen LogP contribution in [-0.2, 0) is 11.3 Å². The molecule has 1 aliphatic carbocycles. The number of carbonyl (C=O) groups excluding carboxylic acids is 1. The Balaban J connectivity index is 1.51. The van der Waals surface area contributed by atoms with Crippen LogP contribution < -0.4 is 10.6 Å². The summed E-state index contributed by atoms with van der Waals surface area (Å²) in [4.78, 5) is 12.3. The van der Waals surface area contributed by atoms with Gasteiger partial charge in [-0.25, -0.2) is 0 Å². The van der Waals surface area contributed by atoms with Crippen molar-refractivity contribution in [3.63, 3.8) is 0 Å². The standard InChI is InChI=1S/C16H24N2OS/c1-11-9-20-10-13(11)8-17-16(19)15-7-6-12-4-2-3-5-14(12)18-15/h9-10,12,14-15,18H,2-8H2,1H3,(H,17,19). The highest BCUT2D eigenvalue weighted by atomic mass is 32.1. The lowest BCUT2D eigenvalue weighted by atomic mass is 9.77. The number of piperidine rings is 1. The molecule has 1 aromatic heterocycles. The largest absolute Gasteiger partial charge is 0.351 e. The van der Waals surface area contributed by atoms with Gasteiger partial charge in [-0.3, -0.25) is 4.79 Å². The van der Waals surface area contributed by atoms with Crippen molar-refractivity contribution in [1.82, 2.24) is 10.6 Å². The fraction of sp³-hybridized carbons (Fsp3) is 0.688. The summed E-state index contributed by atoms with van der Waals surface area (Å²) in [5.74, 6) is 0.992. The summed E-state index contributed by atoms with van der Waals surface area (Å²) in [6.45, 7) is 2.77. The molecular formula is C16H24N2OS. The highest BCUT2D eigenvalue weighted by Gasteiger charge is 2.34. The zero-order valence-electron chi connectivity index (χ0n) is 12.2. The molecule has 110 valence electrons. The second-order valence-electron chi connectivity index (χ2n) is 6.25.